The van der Waals surface area contributed by atoms with Crippen molar-refractivity contribution in [2.24, 2.45) is 7.05 Å². The van der Waals surface area contributed by atoms with Gasteiger partial charge in [-0.2, -0.15) is 18.3 Å². The maximum absolute atomic E-state index is 12.7. The number of carbonyl (C=O) groups excluding carboxylic acids is 1. The van der Waals surface area contributed by atoms with Gasteiger partial charge >= 0.3 is 6.18 Å². The monoisotopic (exact) mass is 419 g/mol. The Morgan fingerprint density at radius 3 is 2.73 bits per heavy atom. The zero-order valence-electron chi connectivity index (χ0n) is 16.4. The van der Waals surface area contributed by atoms with E-state index in [-0.39, 0.29) is 11.9 Å². The van der Waals surface area contributed by atoms with Crippen LogP contribution in [0.2, 0.25) is 0 Å². The summed E-state index contributed by atoms with van der Waals surface area (Å²) < 4.78 is 45.0. The predicted octanol–water partition coefficient (Wildman–Crippen LogP) is 3.00. The van der Waals surface area contributed by atoms with Crippen molar-refractivity contribution < 1.29 is 22.7 Å². The number of hydrogen-bond donors (Lipinski definition) is 1. The molecule has 0 bridgehead atoms. The Kier molecular flexibility index (Phi) is 5.00. The van der Waals surface area contributed by atoms with Gasteiger partial charge in [-0.15, -0.1) is 0 Å². The van der Waals surface area contributed by atoms with E-state index < -0.39 is 11.7 Å². The highest BCUT2D eigenvalue weighted by Crippen LogP contribution is 2.30. The molecule has 0 unspecified atom stereocenters. The first-order valence-electron chi connectivity index (χ1n) is 9.36. The average molecular weight is 419 g/mol. The summed E-state index contributed by atoms with van der Waals surface area (Å²) >= 11 is 0. The smallest absolute Gasteiger partial charge is 0.417 e. The van der Waals surface area contributed by atoms with E-state index in [0.717, 1.165) is 17.6 Å². The van der Waals surface area contributed by atoms with Crippen LogP contribution in [0.1, 0.15) is 22.3 Å². The summed E-state index contributed by atoms with van der Waals surface area (Å²) in [6.07, 6.45) is -2.91. The minimum atomic E-state index is -4.41. The largest absolute Gasteiger partial charge is 0.481 e. The highest BCUT2D eigenvalue weighted by molar-refractivity contribution is 5.98. The van der Waals surface area contributed by atoms with Crippen LogP contribution in [0.25, 0.3) is 10.9 Å². The third-order valence-corrected chi connectivity index (χ3v) is 5.16. The van der Waals surface area contributed by atoms with Gasteiger partial charge in [0.05, 0.1) is 23.6 Å². The van der Waals surface area contributed by atoms with Crippen molar-refractivity contribution in [1.82, 2.24) is 20.1 Å². The Bertz CT molecular complexity index is 1080. The molecule has 1 fully saturated rings. The van der Waals surface area contributed by atoms with E-state index >= 15 is 0 Å². The van der Waals surface area contributed by atoms with E-state index in [1.165, 1.54) is 6.07 Å². The third kappa shape index (κ3) is 3.77. The summed E-state index contributed by atoms with van der Waals surface area (Å²) in [5, 5.41) is 8.14. The molecule has 1 atom stereocenters. The summed E-state index contributed by atoms with van der Waals surface area (Å²) in [6.45, 7) is 1.07. The normalized spacial score (nSPS) is 16.8. The zero-order valence-corrected chi connectivity index (χ0v) is 16.4. The number of rotatable bonds is 4. The van der Waals surface area contributed by atoms with Crippen molar-refractivity contribution in [2.75, 3.05) is 25.1 Å². The molecule has 1 saturated heterocycles. The maximum Gasteiger partial charge on any atom is 0.417 e. The minimum absolute atomic E-state index is 0.129. The van der Waals surface area contributed by atoms with Gasteiger partial charge in [0.1, 0.15) is 5.82 Å². The van der Waals surface area contributed by atoms with Crippen LogP contribution in [-0.4, -0.2) is 46.9 Å². The lowest BCUT2D eigenvalue weighted by Gasteiger charge is -2.18. The number of nitrogens with zero attached hydrogens (tertiary/aromatic N) is 4. The second-order valence-electron chi connectivity index (χ2n) is 7.17. The Morgan fingerprint density at radius 1 is 1.27 bits per heavy atom. The minimum Gasteiger partial charge on any atom is -0.481 e. The maximum atomic E-state index is 12.7. The van der Waals surface area contributed by atoms with Gasteiger partial charge in [0.2, 0.25) is 5.88 Å². The van der Waals surface area contributed by atoms with Gasteiger partial charge in [0, 0.05) is 37.9 Å². The number of carbonyl (C=O) groups is 1. The van der Waals surface area contributed by atoms with Crippen LogP contribution in [0, 0.1) is 0 Å². The van der Waals surface area contributed by atoms with Crippen molar-refractivity contribution in [1.29, 1.82) is 0 Å². The van der Waals surface area contributed by atoms with Gasteiger partial charge < -0.3 is 15.0 Å². The molecule has 1 N–H and O–H groups in total. The number of amides is 1. The fourth-order valence-corrected chi connectivity index (χ4v) is 3.66. The van der Waals surface area contributed by atoms with Crippen molar-refractivity contribution in [3.63, 3.8) is 0 Å². The van der Waals surface area contributed by atoms with Crippen LogP contribution in [0.4, 0.5) is 19.0 Å². The van der Waals surface area contributed by atoms with Crippen LogP contribution in [0.15, 0.2) is 36.5 Å². The third-order valence-electron chi connectivity index (χ3n) is 5.16. The number of aryl methyl sites for hydroxylation is 1. The first kappa shape index (κ1) is 20.0. The molecule has 0 aliphatic carbocycles. The highest BCUT2D eigenvalue weighted by atomic mass is 19.4. The number of benzene rings is 1. The van der Waals surface area contributed by atoms with Gasteiger partial charge in [0.15, 0.2) is 0 Å². The van der Waals surface area contributed by atoms with E-state index in [9.17, 15) is 18.0 Å². The fraction of sp³-hybridized carbons (Fsp3) is 0.350. The number of pyridine rings is 1. The van der Waals surface area contributed by atoms with Gasteiger partial charge in [-0.05, 0) is 36.8 Å². The molecular weight excluding hydrogens is 399 g/mol. The van der Waals surface area contributed by atoms with Gasteiger partial charge in [0.25, 0.3) is 5.91 Å². The molecule has 30 heavy (non-hydrogen) atoms. The van der Waals surface area contributed by atoms with Crippen LogP contribution in [-0.2, 0) is 13.2 Å². The SMILES string of the molecule is COc1c2ccc(C(=O)N[C@H]3CCN(c4ccc(C(F)(F)F)cn4)C3)cc2nn1C. The van der Waals surface area contributed by atoms with Crippen molar-refractivity contribution in [2.45, 2.75) is 18.6 Å². The molecule has 4 rings (SSSR count). The number of anilines is 1. The average Bonchev–Trinajstić information content (AvgIpc) is 3.30. The van der Waals surface area contributed by atoms with Gasteiger partial charge in [-0.3, -0.25) is 4.79 Å². The fourth-order valence-electron chi connectivity index (χ4n) is 3.66. The number of alkyl halides is 3. The number of aromatic nitrogens is 3. The number of fused-ring (bicyclic) bond motifs is 1. The lowest BCUT2D eigenvalue weighted by Crippen LogP contribution is -2.37. The molecule has 3 heterocycles. The first-order valence-corrected chi connectivity index (χ1v) is 9.36. The van der Waals surface area contributed by atoms with Crippen LogP contribution in [0.5, 0.6) is 5.88 Å². The molecule has 1 aromatic carbocycles. The zero-order chi connectivity index (χ0) is 21.5. The van der Waals surface area contributed by atoms with Crippen molar-refractivity contribution in [3.05, 3.63) is 47.7 Å². The van der Waals surface area contributed by atoms with Crippen LogP contribution >= 0.6 is 0 Å². The van der Waals surface area contributed by atoms with Crippen molar-refractivity contribution in [3.8, 4) is 5.88 Å². The number of ether oxygens (including phenoxy) is 1. The van der Waals surface area contributed by atoms with Crippen LogP contribution in [0.3, 0.4) is 0 Å². The summed E-state index contributed by atoms with van der Waals surface area (Å²) in [6, 6.07) is 7.46. The van der Waals surface area contributed by atoms with E-state index in [1.54, 1.807) is 37.0 Å². The lowest BCUT2D eigenvalue weighted by atomic mass is 10.1. The van der Waals surface area contributed by atoms with E-state index in [4.69, 9.17) is 4.74 Å². The molecule has 2 aromatic heterocycles. The van der Waals surface area contributed by atoms with E-state index in [2.05, 4.69) is 15.4 Å². The number of halogens is 3. The van der Waals surface area contributed by atoms with E-state index in [0.29, 0.717) is 42.3 Å². The Labute approximate surface area is 170 Å². The quantitative estimate of drug-likeness (QED) is 0.704. The Balaban J connectivity index is 1.42. The summed E-state index contributed by atoms with van der Waals surface area (Å²) in [5.41, 5.74) is 0.357. The Hall–Kier alpha value is -3.30. The molecule has 0 radical (unpaired) electrons. The Morgan fingerprint density at radius 2 is 2.07 bits per heavy atom. The highest BCUT2D eigenvalue weighted by Gasteiger charge is 2.31. The van der Waals surface area contributed by atoms with Crippen molar-refractivity contribution >= 4 is 22.6 Å². The number of nitrogens with one attached hydrogen (secondary N) is 1. The predicted molar refractivity (Wildman–Crippen MR) is 105 cm³/mol. The van der Waals surface area contributed by atoms with Gasteiger partial charge in [-0.1, -0.05) is 0 Å². The standard InChI is InChI=1S/C20H20F3N5O2/c1-27-19(30-2)15-5-3-12(9-16(15)26-27)18(29)25-14-7-8-28(11-14)17-6-4-13(10-24-17)20(21,22)23/h3-6,9-10,14H,7-8,11H2,1-2H3,(H,25,29)/t14-/m0/s1. The topological polar surface area (TPSA) is 72.3 Å². The second-order valence-corrected chi connectivity index (χ2v) is 7.17. The molecule has 1 amide bonds. The molecule has 1 aliphatic rings. The molecule has 10 heteroatoms. The lowest BCUT2D eigenvalue weighted by molar-refractivity contribution is -0.137. The summed E-state index contributed by atoms with van der Waals surface area (Å²) in [4.78, 5) is 18.4. The number of hydrogen-bond acceptors (Lipinski definition) is 5. The molecule has 158 valence electrons. The van der Waals surface area contributed by atoms with E-state index in [1.807, 2.05) is 4.90 Å². The van der Waals surface area contributed by atoms with Gasteiger partial charge in [-0.25, -0.2) is 9.67 Å². The molecule has 1 aliphatic heterocycles. The molecule has 0 spiro atoms. The molecule has 0 saturated carbocycles. The second kappa shape index (κ2) is 7.51. The first-order chi connectivity index (χ1) is 14.3. The summed E-state index contributed by atoms with van der Waals surface area (Å²) in [7, 11) is 3.33. The number of methoxy groups -OCH3 is 1. The molecule has 3 aromatic rings. The van der Waals surface area contributed by atoms with Crippen LogP contribution < -0.4 is 15.0 Å². The molecule has 7 nitrogen and oxygen atoms in total. The molecular formula is C20H20F3N5O2. The summed E-state index contributed by atoms with van der Waals surface area (Å²) in [5.74, 6) is 0.850.